The predicted molar refractivity (Wildman–Crippen MR) is 97.0 cm³/mol. The van der Waals surface area contributed by atoms with Gasteiger partial charge in [0.05, 0.1) is 6.42 Å². The van der Waals surface area contributed by atoms with Gasteiger partial charge in [0.2, 0.25) is 5.91 Å². The van der Waals surface area contributed by atoms with Crippen LogP contribution in [0.15, 0.2) is 42.5 Å². The summed E-state index contributed by atoms with van der Waals surface area (Å²) in [5.41, 5.74) is 7.31. The molecule has 1 aliphatic heterocycles. The van der Waals surface area contributed by atoms with Crippen molar-refractivity contribution in [3.8, 4) is 0 Å². The summed E-state index contributed by atoms with van der Waals surface area (Å²) in [7, 11) is 0. The molecule has 0 atom stereocenters. The van der Waals surface area contributed by atoms with Crippen LogP contribution in [0, 0.1) is 13.8 Å². The van der Waals surface area contributed by atoms with E-state index in [4.69, 9.17) is 0 Å². The first kappa shape index (κ1) is 15.0. The molecule has 2 heterocycles. The molecule has 0 saturated carbocycles. The summed E-state index contributed by atoms with van der Waals surface area (Å²) in [6.45, 7) is 5.69. The molecule has 4 rings (SSSR count). The van der Waals surface area contributed by atoms with Crippen molar-refractivity contribution in [1.29, 1.82) is 0 Å². The molecule has 1 N–H and O–H groups in total. The fraction of sp³-hybridized carbons (Fsp3) is 0.286. The Hall–Kier alpha value is -2.55. The van der Waals surface area contributed by atoms with E-state index in [1.54, 1.807) is 0 Å². The second-order valence-electron chi connectivity index (χ2n) is 6.86. The van der Waals surface area contributed by atoms with Crippen molar-refractivity contribution in [3.63, 3.8) is 0 Å². The number of aryl methyl sites for hydroxylation is 2. The van der Waals surface area contributed by atoms with Gasteiger partial charge in [0.15, 0.2) is 0 Å². The van der Waals surface area contributed by atoms with Crippen LogP contribution in [0.1, 0.15) is 27.9 Å². The van der Waals surface area contributed by atoms with Gasteiger partial charge in [-0.2, -0.15) is 0 Å². The highest BCUT2D eigenvalue weighted by atomic mass is 16.2. The molecular weight excluding hydrogens is 296 g/mol. The van der Waals surface area contributed by atoms with Gasteiger partial charge in [-0.15, -0.1) is 0 Å². The van der Waals surface area contributed by atoms with Crippen LogP contribution < -0.4 is 0 Å². The quantitative estimate of drug-likeness (QED) is 0.764. The lowest BCUT2D eigenvalue weighted by molar-refractivity contribution is -0.131. The summed E-state index contributed by atoms with van der Waals surface area (Å²) in [4.78, 5) is 18.3. The van der Waals surface area contributed by atoms with E-state index in [0.29, 0.717) is 13.0 Å². The maximum absolute atomic E-state index is 12.7. The molecule has 1 aliphatic rings. The van der Waals surface area contributed by atoms with Crippen molar-refractivity contribution in [2.45, 2.75) is 33.2 Å². The monoisotopic (exact) mass is 318 g/mol. The first-order valence-electron chi connectivity index (χ1n) is 8.53. The number of amides is 1. The van der Waals surface area contributed by atoms with E-state index < -0.39 is 0 Å². The molecule has 2 aromatic carbocycles. The van der Waals surface area contributed by atoms with Gasteiger partial charge in [0, 0.05) is 41.7 Å². The average molecular weight is 318 g/mol. The van der Waals surface area contributed by atoms with Crippen molar-refractivity contribution in [3.05, 3.63) is 70.4 Å². The molecule has 1 amide bonds. The number of rotatable bonds is 2. The van der Waals surface area contributed by atoms with E-state index in [-0.39, 0.29) is 5.91 Å². The van der Waals surface area contributed by atoms with Crippen LogP contribution in [0.3, 0.4) is 0 Å². The van der Waals surface area contributed by atoms with Gasteiger partial charge in [0.25, 0.3) is 0 Å². The molecule has 3 aromatic rings. The molecule has 3 heteroatoms. The molecule has 0 aliphatic carbocycles. The van der Waals surface area contributed by atoms with Crippen LogP contribution in [0.25, 0.3) is 10.9 Å². The van der Waals surface area contributed by atoms with Crippen LogP contribution >= 0.6 is 0 Å². The fourth-order valence-electron chi connectivity index (χ4n) is 3.65. The van der Waals surface area contributed by atoms with E-state index in [1.165, 1.54) is 33.3 Å². The highest BCUT2D eigenvalue weighted by Gasteiger charge is 2.24. The Morgan fingerprint density at radius 1 is 1.12 bits per heavy atom. The number of benzene rings is 2. The lowest BCUT2D eigenvalue weighted by Gasteiger charge is -2.27. The van der Waals surface area contributed by atoms with E-state index in [9.17, 15) is 4.79 Å². The van der Waals surface area contributed by atoms with Crippen molar-refractivity contribution in [1.82, 2.24) is 9.88 Å². The van der Waals surface area contributed by atoms with E-state index in [1.807, 2.05) is 17.0 Å². The molecule has 0 bridgehead atoms. The average Bonchev–Trinajstić information content (AvgIpc) is 2.92. The van der Waals surface area contributed by atoms with Gasteiger partial charge in [-0.05, 0) is 31.5 Å². The summed E-state index contributed by atoms with van der Waals surface area (Å²) in [5, 5.41) is 1.26. The second kappa shape index (κ2) is 5.82. The minimum Gasteiger partial charge on any atom is -0.358 e. The van der Waals surface area contributed by atoms with Gasteiger partial charge in [-0.25, -0.2) is 0 Å². The number of aromatic amines is 1. The molecule has 3 nitrogen and oxygen atoms in total. The lowest BCUT2D eigenvalue weighted by Crippen LogP contribution is -2.36. The van der Waals surface area contributed by atoms with Crippen LogP contribution in [-0.4, -0.2) is 22.3 Å². The van der Waals surface area contributed by atoms with Gasteiger partial charge < -0.3 is 9.88 Å². The van der Waals surface area contributed by atoms with Crippen molar-refractivity contribution in [2.24, 2.45) is 0 Å². The Bertz CT molecular complexity index is 923. The zero-order valence-corrected chi connectivity index (χ0v) is 14.2. The number of hydrogen-bond acceptors (Lipinski definition) is 1. The maximum atomic E-state index is 12.7. The SMILES string of the molecule is Cc1cccc(CC(=O)N2CCc3[nH]c4ccc(C)cc4c3C2)c1. The van der Waals surface area contributed by atoms with Crippen LogP contribution in [0.2, 0.25) is 0 Å². The largest absolute Gasteiger partial charge is 0.358 e. The molecule has 0 saturated heterocycles. The van der Waals surface area contributed by atoms with Gasteiger partial charge in [-0.1, -0.05) is 41.5 Å². The first-order valence-corrected chi connectivity index (χ1v) is 8.53. The molecule has 122 valence electrons. The Kier molecular flexibility index (Phi) is 3.64. The van der Waals surface area contributed by atoms with Gasteiger partial charge in [-0.3, -0.25) is 4.79 Å². The molecule has 0 fully saturated rings. The zero-order chi connectivity index (χ0) is 16.7. The lowest BCUT2D eigenvalue weighted by atomic mass is 10.0. The predicted octanol–water partition coefficient (Wildman–Crippen LogP) is 3.91. The second-order valence-corrected chi connectivity index (χ2v) is 6.86. The summed E-state index contributed by atoms with van der Waals surface area (Å²) in [6, 6.07) is 14.7. The Morgan fingerprint density at radius 3 is 2.79 bits per heavy atom. The Balaban J connectivity index is 1.58. The Morgan fingerprint density at radius 2 is 1.96 bits per heavy atom. The number of carbonyl (C=O) groups is 1. The first-order chi connectivity index (χ1) is 11.6. The molecule has 0 spiro atoms. The molecular formula is C21H22N2O. The highest BCUT2D eigenvalue weighted by molar-refractivity contribution is 5.87. The smallest absolute Gasteiger partial charge is 0.227 e. The fourth-order valence-corrected chi connectivity index (χ4v) is 3.65. The summed E-state index contributed by atoms with van der Waals surface area (Å²) in [5.74, 6) is 0.216. The summed E-state index contributed by atoms with van der Waals surface area (Å²) < 4.78 is 0. The van der Waals surface area contributed by atoms with E-state index >= 15 is 0 Å². The third-order valence-electron chi connectivity index (χ3n) is 4.92. The van der Waals surface area contributed by atoms with Gasteiger partial charge in [0.1, 0.15) is 0 Å². The number of hydrogen-bond donors (Lipinski definition) is 1. The summed E-state index contributed by atoms with van der Waals surface area (Å²) in [6.07, 6.45) is 1.39. The zero-order valence-electron chi connectivity index (χ0n) is 14.2. The minimum atomic E-state index is 0.216. The van der Waals surface area contributed by atoms with E-state index in [0.717, 1.165) is 18.5 Å². The highest BCUT2D eigenvalue weighted by Crippen LogP contribution is 2.28. The van der Waals surface area contributed by atoms with E-state index in [2.05, 4.69) is 49.2 Å². The maximum Gasteiger partial charge on any atom is 0.227 e. The number of carbonyl (C=O) groups excluding carboxylic acids is 1. The third kappa shape index (κ3) is 2.71. The van der Waals surface area contributed by atoms with Crippen LogP contribution in [0.4, 0.5) is 0 Å². The molecule has 1 aromatic heterocycles. The van der Waals surface area contributed by atoms with Gasteiger partial charge >= 0.3 is 0 Å². The van der Waals surface area contributed by atoms with Crippen LogP contribution in [0.5, 0.6) is 0 Å². The Labute approximate surface area is 142 Å². The number of nitrogens with zero attached hydrogens (tertiary/aromatic N) is 1. The topological polar surface area (TPSA) is 36.1 Å². The molecule has 24 heavy (non-hydrogen) atoms. The van der Waals surface area contributed by atoms with Crippen LogP contribution in [-0.2, 0) is 24.2 Å². The number of aromatic nitrogens is 1. The third-order valence-corrected chi connectivity index (χ3v) is 4.92. The summed E-state index contributed by atoms with van der Waals surface area (Å²) >= 11 is 0. The molecule has 0 radical (unpaired) electrons. The van der Waals surface area contributed by atoms with Crippen molar-refractivity contribution in [2.75, 3.05) is 6.54 Å². The number of H-pyrrole nitrogens is 1. The number of fused-ring (bicyclic) bond motifs is 3. The number of nitrogens with one attached hydrogen (secondary N) is 1. The van der Waals surface area contributed by atoms with Crippen molar-refractivity contribution >= 4 is 16.8 Å². The normalized spacial score (nSPS) is 14.0. The van der Waals surface area contributed by atoms with Crippen molar-refractivity contribution < 1.29 is 4.79 Å². The molecule has 0 unspecified atom stereocenters. The standard InChI is InChI=1S/C21H22N2O/c1-14-4-3-5-16(10-14)12-21(24)23-9-8-20-18(13-23)17-11-15(2)6-7-19(17)22-20/h3-7,10-11,22H,8-9,12-13H2,1-2H3. The minimum absolute atomic E-state index is 0.216.